The van der Waals surface area contributed by atoms with Crippen LogP contribution in [-0.2, 0) is 16.1 Å². The SMILES string of the molecule is CCCCCC/C=C\CCCCCCCCCC(=O)OCc1ccc2ccccc2c1. The summed E-state index contributed by atoms with van der Waals surface area (Å²) in [5.41, 5.74) is 1.05. The van der Waals surface area contributed by atoms with Crippen LogP contribution in [0.15, 0.2) is 54.6 Å². The molecule has 0 aliphatic carbocycles. The van der Waals surface area contributed by atoms with Crippen molar-refractivity contribution in [2.24, 2.45) is 0 Å². The lowest BCUT2D eigenvalue weighted by molar-refractivity contribution is -0.145. The van der Waals surface area contributed by atoms with Gasteiger partial charge in [-0.25, -0.2) is 0 Å². The summed E-state index contributed by atoms with van der Waals surface area (Å²) in [6.45, 7) is 2.63. The van der Waals surface area contributed by atoms with Crippen molar-refractivity contribution in [3.05, 3.63) is 60.2 Å². The van der Waals surface area contributed by atoms with Crippen molar-refractivity contribution in [1.29, 1.82) is 0 Å². The van der Waals surface area contributed by atoms with Crippen LogP contribution in [0.1, 0.15) is 102 Å². The van der Waals surface area contributed by atoms with Crippen molar-refractivity contribution < 1.29 is 9.53 Å². The standard InChI is InChI=1S/C29H42O2/c1-2-3-4-5-6-7-8-9-10-11-12-13-14-15-16-21-29(30)31-25-26-22-23-27-19-17-18-20-28(27)24-26/h7-8,17-20,22-24H,2-6,9-16,21,25H2,1H3/b8-7-. The molecule has 0 bridgehead atoms. The summed E-state index contributed by atoms with van der Waals surface area (Å²) in [4.78, 5) is 12.0. The molecule has 0 fully saturated rings. The van der Waals surface area contributed by atoms with Crippen molar-refractivity contribution in [3.8, 4) is 0 Å². The highest BCUT2D eigenvalue weighted by atomic mass is 16.5. The summed E-state index contributed by atoms with van der Waals surface area (Å²) in [6, 6.07) is 14.5. The third-order valence-electron chi connectivity index (χ3n) is 5.86. The van der Waals surface area contributed by atoms with Crippen LogP contribution in [0.25, 0.3) is 10.8 Å². The maximum absolute atomic E-state index is 12.0. The smallest absolute Gasteiger partial charge is 0.306 e. The minimum absolute atomic E-state index is 0.0744. The second-order valence-corrected chi connectivity index (χ2v) is 8.68. The second kappa shape index (κ2) is 16.6. The number of carbonyl (C=O) groups excluding carboxylic acids is 1. The van der Waals surface area contributed by atoms with Gasteiger partial charge in [-0.05, 0) is 54.5 Å². The van der Waals surface area contributed by atoms with Crippen LogP contribution < -0.4 is 0 Å². The second-order valence-electron chi connectivity index (χ2n) is 8.68. The zero-order chi connectivity index (χ0) is 22.0. The van der Waals surface area contributed by atoms with Gasteiger partial charge < -0.3 is 4.74 Å². The summed E-state index contributed by atoms with van der Waals surface area (Å²) in [5, 5.41) is 2.40. The number of hydrogen-bond acceptors (Lipinski definition) is 2. The van der Waals surface area contributed by atoms with Crippen LogP contribution in [0, 0.1) is 0 Å². The Bertz CT molecular complexity index is 762. The molecule has 2 aromatic carbocycles. The summed E-state index contributed by atoms with van der Waals surface area (Å²) in [7, 11) is 0. The Labute approximate surface area is 190 Å². The van der Waals surface area contributed by atoms with Crippen molar-refractivity contribution in [2.45, 2.75) is 103 Å². The Hall–Kier alpha value is -2.09. The number of esters is 1. The number of ether oxygens (including phenoxy) is 1. The Balaban J connectivity index is 1.40. The van der Waals surface area contributed by atoms with E-state index in [0.717, 1.165) is 18.4 Å². The van der Waals surface area contributed by atoms with Gasteiger partial charge in [0, 0.05) is 6.42 Å². The van der Waals surface area contributed by atoms with Gasteiger partial charge in [0.25, 0.3) is 0 Å². The molecule has 0 unspecified atom stereocenters. The molecule has 31 heavy (non-hydrogen) atoms. The van der Waals surface area contributed by atoms with Crippen LogP contribution in [0.3, 0.4) is 0 Å². The fourth-order valence-electron chi connectivity index (χ4n) is 3.90. The molecule has 0 aromatic heterocycles. The molecular weight excluding hydrogens is 380 g/mol. The van der Waals surface area contributed by atoms with Crippen LogP contribution in [-0.4, -0.2) is 5.97 Å². The molecule has 0 atom stereocenters. The van der Waals surface area contributed by atoms with Crippen molar-refractivity contribution in [2.75, 3.05) is 0 Å². The minimum Gasteiger partial charge on any atom is -0.461 e. The third kappa shape index (κ3) is 11.8. The highest BCUT2D eigenvalue weighted by Crippen LogP contribution is 2.17. The van der Waals surface area contributed by atoms with E-state index in [1.54, 1.807) is 0 Å². The Morgan fingerprint density at radius 2 is 1.35 bits per heavy atom. The van der Waals surface area contributed by atoms with E-state index in [4.69, 9.17) is 4.74 Å². The van der Waals surface area contributed by atoms with E-state index in [0.29, 0.717) is 13.0 Å². The number of carbonyl (C=O) groups is 1. The van der Waals surface area contributed by atoms with Crippen LogP contribution in [0.2, 0.25) is 0 Å². The average molecular weight is 423 g/mol. The molecule has 0 aliphatic heterocycles. The Morgan fingerprint density at radius 1 is 0.742 bits per heavy atom. The molecule has 0 amide bonds. The predicted molar refractivity (Wildman–Crippen MR) is 133 cm³/mol. The van der Waals surface area contributed by atoms with Crippen LogP contribution in [0.4, 0.5) is 0 Å². The first-order chi connectivity index (χ1) is 15.3. The molecular formula is C29H42O2. The number of rotatable bonds is 17. The quantitative estimate of drug-likeness (QED) is 0.144. The first-order valence-electron chi connectivity index (χ1n) is 12.6. The molecule has 0 saturated carbocycles. The Kier molecular flexibility index (Phi) is 13.5. The third-order valence-corrected chi connectivity index (χ3v) is 5.86. The minimum atomic E-state index is -0.0744. The van der Waals surface area contributed by atoms with E-state index in [2.05, 4.69) is 43.3 Å². The fourth-order valence-corrected chi connectivity index (χ4v) is 3.90. The zero-order valence-electron chi connectivity index (χ0n) is 19.6. The molecule has 0 aliphatic rings. The van der Waals surface area contributed by atoms with Gasteiger partial charge in [-0.2, -0.15) is 0 Å². The molecule has 0 spiro atoms. The first kappa shape index (κ1) is 25.2. The highest BCUT2D eigenvalue weighted by Gasteiger charge is 2.04. The van der Waals surface area contributed by atoms with Crippen molar-refractivity contribution in [1.82, 2.24) is 0 Å². The molecule has 2 nitrogen and oxygen atoms in total. The summed E-state index contributed by atoms with van der Waals surface area (Å²) in [5.74, 6) is -0.0744. The average Bonchev–Trinajstić information content (AvgIpc) is 2.80. The number of hydrogen-bond donors (Lipinski definition) is 0. The van der Waals surface area contributed by atoms with Crippen LogP contribution in [0.5, 0.6) is 0 Å². The van der Waals surface area contributed by atoms with Gasteiger partial charge in [-0.1, -0.05) is 107 Å². The van der Waals surface area contributed by atoms with Gasteiger partial charge in [-0.3, -0.25) is 4.79 Å². The molecule has 170 valence electrons. The predicted octanol–water partition coefficient (Wildman–Crippen LogP) is 8.92. The lowest BCUT2D eigenvalue weighted by Crippen LogP contribution is -2.04. The topological polar surface area (TPSA) is 26.3 Å². The molecule has 2 aromatic rings. The van der Waals surface area contributed by atoms with Gasteiger partial charge in [0.15, 0.2) is 0 Å². The molecule has 2 rings (SSSR count). The van der Waals surface area contributed by atoms with Gasteiger partial charge in [-0.15, -0.1) is 0 Å². The fraction of sp³-hybridized carbons (Fsp3) is 0.552. The van der Waals surface area contributed by atoms with E-state index in [-0.39, 0.29) is 5.97 Å². The number of allylic oxidation sites excluding steroid dienone is 2. The van der Waals surface area contributed by atoms with Gasteiger partial charge in [0.2, 0.25) is 0 Å². The van der Waals surface area contributed by atoms with Gasteiger partial charge in [0.05, 0.1) is 0 Å². The normalized spacial score (nSPS) is 11.4. The summed E-state index contributed by atoms with van der Waals surface area (Å²) >= 11 is 0. The number of unbranched alkanes of at least 4 members (excludes halogenated alkanes) is 11. The summed E-state index contributed by atoms with van der Waals surface area (Å²) in [6.07, 6.45) is 21.7. The molecule has 0 N–H and O–H groups in total. The maximum Gasteiger partial charge on any atom is 0.306 e. The van der Waals surface area contributed by atoms with E-state index in [9.17, 15) is 4.79 Å². The molecule has 0 saturated heterocycles. The largest absolute Gasteiger partial charge is 0.461 e. The monoisotopic (exact) mass is 422 g/mol. The van der Waals surface area contributed by atoms with E-state index < -0.39 is 0 Å². The summed E-state index contributed by atoms with van der Waals surface area (Å²) < 4.78 is 5.45. The highest BCUT2D eigenvalue weighted by molar-refractivity contribution is 5.83. The van der Waals surface area contributed by atoms with Gasteiger partial charge in [0.1, 0.15) is 6.61 Å². The van der Waals surface area contributed by atoms with Crippen molar-refractivity contribution in [3.63, 3.8) is 0 Å². The first-order valence-corrected chi connectivity index (χ1v) is 12.6. The molecule has 0 radical (unpaired) electrons. The number of benzene rings is 2. The lowest BCUT2D eigenvalue weighted by Gasteiger charge is -2.06. The van der Waals surface area contributed by atoms with E-state index >= 15 is 0 Å². The van der Waals surface area contributed by atoms with E-state index in [1.165, 1.54) is 81.4 Å². The zero-order valence-corrected chi connectivity index (χ0v) is 19.6. The van der Waals surface area contributed by atoms with E-state index in [1.807, 2.05) is 18.2 Å². The number of fused-ring (bicyclic) bond motifs is 1. The molecule has 2 heteroatoms. The molecule has 0 heterocycles. The van der Waals surface area contributed by atoms with Crippen LogP contribution >= 0.6 is 0 Å². The maximum atomic E-state index is 12.0. The van der Waals surface area contributed by atoms with Crippen molar-refractivity contribution >= 4 is 16.7 Å². The Morgan fingerprint density at radius 3 is 2.06 bits per heavy atom. The van der Waals surface area contributed by atoms with Gasteiger partial charge >= 0.3 is 5.97 Å². The lowest BCUT2D eigenvalue weighted by atomic mass is 10.1.